The van der Waals surface area contributed by atoms with Gasteiger partial charge in [-0.3, -0.25) is 9.59 Å². The third-order valence-corrected chi connectivity index (χ3v) is 4.02. The molecule has 1 fully saturated rings. The molecule has 3 N–H and O–H groups in total. The fraction of sp³-hybridized carbons (Fsp3) is 0.529. The van der Waals surface area contributed by atoms with Gasteiger partial charge in [0.05, 0.1) is 7.11 Å². The summed E-state index contributed by atoms with van der Waals surface area (Å²) in [5.74, 6) is 0.801. The Morgan fingerprint density at radius 2 is 1.88 bits per heavy atom. The molecule has 134 valence electrons. The molecule has 0 saturated carbocycles. The lowest BCUT2D eigenvalue weighted by Gasteiger charge is -2.29. The molecule has 1 atom stereocenters. The van der Waals surface area contributed by atoms with Crippen LogP contribution in [-0.2, 0) is 4.79 Å². The number of halogens is 1. The number of hydrogen-bond donors (Lipinski definition) is 3. The van der Waals surface area contributed by atoms with E-state index in [0.717, 1.165) is 13.1 Å². The molecule has 1 aliphatic rings. The topological polar surface area (TPSA) is 79.5 Å². The van der Waals surface area contributed by atoms with Crippen molar-refractivity contribution in [2.45, 2.75) is 19.9 Å². The van der Waals surface area contributed by atoms with Crippen LogP contribution in [-0.4, -0.2) is 44.6 Å². The lowest BCUT2D eigenvalue weighted by Crippen LogP contribution is -2.53. The van der Waals surface area contributed by atoms with Crippen LogP contribution in [0.3, 0.4) is 0 Å². The fourth-order valence-electron chi connectivity index (χ4n) is 2.35. The third kappa shape index (κ3) is 5.39. The summed E-state index contributed by atoms with van der Waals surface area (Å²) in [7, 11) is 1.58. The summed E-state index contributed by atoms with van der Waals surface area (Å²) < 4.78 is 5.08. The van der Waals surface area contributed by atoms with Crippen LogP contribution < -0.4 is 20.7 Å². The number of carbonyl (C=O) groups excluding carboxylic acids is 2. The van der Waals surface area contributed by atoms with Crippen LogP contribution >= 0.6 is 12.4 Å². The van der Waals surface area contributed by atoms with Crippen LogP contribution in [0, 0.1) is 11.8 Å². The summed E-state index contributed by atoms with van der Waals surface area (Å²) >= 11 is 0. The molecule has 1 aromatic carbocycles. The highest BCUT2D eigenvalue weighted by atomic mass is 35.5. The summed E-state index contributed by atoms with van der Waals surface area (Å²) in [6.45, 7) is 6.36. The Hall–Kier alpha value is -1.79. The highest BCUT2D eigenvalue weighted by Gasteiger charge is 2.26. The number of ether oxygens (including phenoxy) is 1. The number of rotatable bonds is 7. The highest BCUT2D eigenvalue weighted by Crippen LogP contribution is 2.12. The fourth-order valence-corrected chi connectivity index (χ4v) is 2.35. The average molecular weight is 356 g/mol. The summed E-state index contributed by atoms with van der Waals surface area (Å²) in [6, 6.07) is 6.27. The Balaban J connectivity index is 0.00000288. The van der Waals surface area contributed by atoms with E-state index in [1.54, 1.807) is 31.4 Å². The molecule has 1 unspecified atom stereocenters. The second kappa shape index (κ2) is 9.49. The van der Waals surface area contributed by atoms with Crippen molar-refractivity contribution in [3.8, 4) is 5.75 Å². The molecule has 6 nitrogen and oxygen atoms in total. The summed E-state index contributed by atoms with van der Waals surface area (Å²) in [6.07, 6.45) is 0. The highest BCUT2D eigenvalue weighted by molar-refractivity contribution is 5.97. The monoisotopic (exact) mass is 355 g/mol. The first kappa shape index (κ1) is 20.3. The quantitative estimate of drug-likeness (QED) is 0.687. The van der Waals surface area contributed by atoms with E-state index in [4.69, 9.17) is 4.74 Å². The van der Waals surface area contributed by atoms with Gasteiger partial charge in [-0.15, -0.1) is 12.4 Å². The van der Waals surface area contributed by atoms with E-state index in [9.17, 15) is 9.59 Å². The number of nitrogens with one attached hydrogen (secondary N) is 3. The van der Waals surface area contributed by atoms with E-state index in [0.29, 0.717) is 23.8 Å². The van der Waals surface area contributed by atoms with Crippen molar-refractivity contribution in [1.82, 2.24) is 16.0 Å². The minimum Gasteiger partial charge on any atom is -0.497 e. The van der Waals surface area contributed by atoms with Crippen molar-refractivity contribution in [2.75, 3.05) is 26.7 Å². The van der Waals surface area contributed by atoms with Crippen LogP contribution in [0.2, 0.25) is 0 Å². The molecular weight excluding hydrogens is 330 g/mol. The standard InChI is InChI=1S/C17H25N3O3.ClH/c1-11(2)15(17(22)19-10-12-8-18-9-12)20-16(21)13-4-6-14(23-3)7-5-13;/h4-7,11-12,15,18H,8-10H2,1-3H3,(H,19,22)(H,20,21);1H. The molecule has 0 radical (unpaired) electrons. The number of benzene rings is 1. The molecule has 1 saturated heterocycles. The minimum absolute atomic E-state index is 0. The van der Waals surface area contributed by atoms with E-state index < -0.39 is 6.04 Å². The number of hydrogen-bond acceptors (Lipinski definition) is 4. The van der Waals surface area contributed by atoms with Crippen molar-refractivity contribution in [3.63, 3.8) is 0 Å². The van der Waals surface area contributed by atoms with Gasteiger partial charge in [0, 0.05) is 31.1 Å². The molecule has 1 heterocycles. The normalized spacial score (nSPS) is 15.0. The van der Waals surface area contributed by atoms with Crippen LogP contribution in [0.1, 0.15) is 24.2 Å². The van der Waals surface area contributed by atoms with E-state index >= 15 is 0 Å². The number of methoxy groups -OCH3 is 1. The lowest BCUT2D eigenvalue weighted by atomic mass is 10.0. The van der Waals surface area contributed by atoms with Gasteiger partial charge in [-0.2, -0.15) is 0 Å². The predicted octanol–water partition coefficient (Wildman–Crippen LogP) is 1.21. The van der Waals surface area contributed by atoms with Crippen LogP contribution in [0.5, 0.6) is 5.75 Å². The Kier molecular flexibility index (Phi) is 8.01. The van der Waals surface area contributed by atoms with Gasteiger partial charge in [0.25, 0.3) is 5.91 Å². The van der Waals surface area contributed by atoms with Crippen LogP contribution in [0.25, 0.3) is 0 Å². The lowest BCUT2D eigenvalue weighted by molar-refractivity contribution is -0.124. The van der Waals surface area contributed by atoms with E-state index in [1.165, 1.54) is 0 Å². The van der Waals surface area contributed by atoms with Gasteiger partial charge < -0.3 is 20.7 Å². The Morgan fingerprint density at radius 1 is 1.25 bits per heavy atom. The number of carbonyl (C=O) groups is 2. The minimum atomic E-state index is -0.544. The predicted molar refractivity (Wildman–Crippen MR) is 95.7 cm³/mol. The molecule has 2 amide bonds. The largest absolute Gasteiger partial charge is 0.497 e. The zero-order chi connectivity index (χ0) is 16.8. The Morgan fingerprint density at radius 3 is 2.33 bits per heavy atom. The first-order valence-electron chi connectivity index (χ1n) is 7.94. The van der Waals surface area contributed by atoms with Crippen molar-refractivity contribution in [2.24, 2.45) is 11.8 Å². The average Bonchev–Trinajstić information content (AvgIpc) is 2.50. The Bertz CT molecular complexity index is 545. The van der Waals surface area contributed by atoms with Gasteiger partial charge in [-0.05, 0) is 30.2 Å². The van der Waals surface area contributed by atoms with E-state index in [2.05, 4.69) is 16.0 Å². The van der Waals surface area contributed by atoms with Crippen molar-refractivity contribution in [3.05, 3.63) is 29.8 Å². The van der Waals surface area contributed by atoms with Crippen molar-refractivity contribution >= 4 is 24.2 Å². The van der Waals surface area contributed by atoms with Gasteiger partial charge in [-0.25, -0.2) is 0 Å². The molecule has 7 heteroatoms. The molecule has 2 rings (SSSR count). The zero-order valence-electron chi connectivity index (χ0n) is 14.3. The molecule has 24 heavy (non-hydrogen) atoms. The molecular formula is C17H26ClN3O3. The first-order valence-corrected chi connectivity index (χ1v) is 7.94. The van der Waals surface area contributed by atoms with Crippen LogP contribution in [0.15, 0.2) is 24.3 Å². The molecule has 1 aromatic rings. The smallest absolute Gasteiger partial charge is 0.251 e. The second-order valence-electron chi connectivity index (χ2n) is 6.19. The van der Waals surface area contributed by atoms with Gasteiger partial charge >= 0.3 is 0 Å². The maximum absolute atomic E-state index is 12.3. The van der Waals surface area contributed by atoms with E-state index in [-0.39, 0.29) is 30.1 Å². The maximum Gasteiger partial charge on any atom is 0.251 e. The molecule has 0 spiro atoms. The summed E-state index contributed by atoms with van der Waals surface area (Å²) in [5, 5.41) is 8.92. The van der Waals surface area contributed by atoms with Crippen molar-refractivity contribution < 1.29 is 14.3 Å². The number of amides is 2. The zero-order valence-corrected chi connectivity index (χ0v) is 15.1. The van der Waals surface area contributed by atoms with E-state index in [1.807, 2.05) is 13.8 Å². The third-order valence-electron chi connectivity index (χ3n) is 4.02. The molecule has 0 aromatic heterocycles. The van der Waals surface area contributed by atoms with Gasteiger partial charge in [0.1, 0.15) is 11.8 Å². The van der Waals surface area contributed by atoms with Gasteiger partial charge in [0.15, 0.2) is 0 Å². The van der Waals surface area contributed by atoms with Crippen LogP contribution in [0.4, 0.5) is 0 Å². The first-order chi connectivity index (χ1) is 11.0. The molecule has 1 aliphatic heterocycles. The van der Waals surface area contributed by atoms with Gasteiger partial charge in [0.2, 0.25) is 5.91 Å². The molecule has 0 bridgehead atoms. The summed E-state index contributed by atoms with van der Waals surface area (Å²) in [5.41, 5.74) is 0.507. The Labute approximate surface area is 149 Å². The van der Waals surface area contributed by atoms with Crippen molar-refractivity contribution in [1.29, 1.82) is 0 Å². The SMILES string of the molecule is COc1ccc(C(=O)NC(C(=O)NCC2CNC2)C(C)C)cc1.Cl. The summed E-state index contributed by atoms with van der Waals surface area (Å²) in [4.78, 5) is 24.7. The van der Waals surface area contributed by atoms with Gasteiger partial charge in [-0.1, -0.05) is 13.8 Å². The second-order valence-corrected chi connectivity index (χ2v) is 6.19. The molecule has 0 aliphatic carbocycles. The maximum atomic E-state index is 12.3.